The Labute approximate surface area is 370 Å². The molecule has 63 heavy (non-hydrogen) atoms. The van der Waals surface area contributed by atoms with E-state index in [1.54, 1.807) is 25.1 Å². The average molecular weight is 917 g/mol. The van der Waals surface area contributed by atoms with Gasteiger partial charge in [0.15, 0.2) is 5.78 Å². The zero-order valence-electron chi connectivity index (χ0n) is 35.6. The van der Waals surface area contributed by atoms with Gasteiger partial charge in [0, 0.05) is 43.9 Å². The number of hydrogen-bond acceptors (Lipinski definition) is 9. The molecule has 2 aromatic carbocycles. The number of hydrogen-bond donors (Lipinski definition) is 5. The van der Waals surface area contributed by atoms with E-state index in [0.717, 1.165) is 16.5 Å². The van der Waals surface area contributed by atoms with Crippen LogP contribution < -0.4 is 16.0 Å². The van der Waals surface area contributed by atoms with Gasteiger partial charge >= 0.3 is 7.82 Å². The van der Waals surface area contributed by atoms with E-state index in [4.69, 9.17) is 16.1 Å². The molecule has 342 valence electrons. The minimum Gasteiger partial charge on any atom is -0.344 e. The Balaban J connectivity index is 1.39. The number of phosphoric ester groups is 1. The number of rotatable bonds is 9. The number of carbonyl (C=O) groups excluding carboxylic acids is 7. The Hall–Kier alpha value is -4.74. The second-order valence-corrected chi connectivity index (χ2v) is 19.1. The molecule has 6 amide bonds. The first-order valence-corrected chi connectivity index (χ1v) is 23.2. The van der Waals surface area contributed by atoms with Crippen LogP contribution >= 0.6 is 19.4 Å². The minimum atomic E-state index is -5.15. The number of nitrogens with one attached hydrogen (secondary N) is 3. The van der Waals surface area contributed by atoms with E-state index in [9.17, 15) is 47.5 Å². The summed E-state index contributed by atoms with van der Waals surface area (Å²) in [7, 11) is -5.15. The number of carbonyl (C=O) groups is 7. The molecule has 5 N–H and O–H groups in total. The van der Waals surface area contributed by atoms with Crippen LogP contribution in [0, 0.1) is 24.6 Å². The third kappa shape index (κ3) is 11.7. The van der Waals surface area contributed by atoms with Gasteiger partial charge in [-0.25, -0.2) is 8.96 Å². The normalized spacial score (nSPS) is 27.9. The summed E-state index contributed by atoms with van der Waals surface area (Å²) >= 11 is 5.91. The van der Waals surface area contributed by atoms with Gasteiger partial charge in [0.05, 0.1) is 18.6 Å². The molecule has 0 aromatic heterocycles. The summed E-state index contributed by atoms with van der Waals surface area (Å²) in [5.74, 6) is -6.51. The molecule has 4 aliphatic rings. The van der Waals surface area contributed by atoms with Crippen molar-refractivity contribution in [2.24, 2.45) is 11.8 Å². The fraction of sp³-hybridized carbons (Fsp3) is 0.558. The number of nitrogens with zero attached hydrogens (tertiary/aromatic N) is 3. The van der Waals surface area contributed by atoms with Crippen molar-refractivity contribution in [1.29, 1.82) is 0 Å². The van der Waals surface area contributed by atoms with Gasteiger partial charge < -0.3 is 40.4 Å². The zero-order chi connectivity index (χ0) is 45.9. The Morgan fingerprint density at radius 3 is 2.37 bits per heavy atom. The summed E-state index contributed by atoms with van der Waals surface area (Å²) in [6.07, 6.45) is -0.969. The quantitative estimate of drug-likeness (QED) is 0.229. The van der Waals surface area contributed by atoms with Gasteiger partial charge in [-0.15, -0.1) is 0 Å². The van der Waals surface area contributed by atoms with Gasteiger partial charge in [0.2, 0.25) is 35.4 Å². The number of aryl methyl sites for hydroxylation is 1. The Kier molecular flexibility index (Phi) is 15.1. The highest BCUT2D eigenvalue weighted by molar-refractivity contribution is 7.46. The average Bonchev–Trinajstić information content (AvgIpc) is 3.82. The topological polar surface area (TPSA) is 232 Å². The molecule has 0 aliphatic carbocycles. The monoisotopic (exact) mass is 916 g/mol. The number of amides is 6. The number of halogens is 2. The van der Waals surface area contributed by atoms with Crippen LogP contribution in [-0.4, -0.2) is 128 Å². The van der Waals surface area contributed by atoms with Crippen molar-refractivity contribution in [1.82, 2.24) is 30.7 Å². The smallest absolute Gasteiger partial charge is 0.344 e. The Morgan fingerprint density at radius 2 is 1.67 bits per heavy atom. The lowest BCUT2D eigenvalue weighted by Crippen LogP contribution is -2.62. The number of ketones is 1. The predicted molar refractivity (Wildman–Crippen MR) is 226 cm³/mol. The van der Waals surface area contributed by atoms with Crippen molar-refractivity contribution in [2.45, 2.75) is 121 Å². The van der Waals surface area contributed by atoms with Gasteiger partial charge in [-0.3, -0.25) is 38.1 Å². The van der Waals surface area contributed by atoms with Gasteiger partial charge in [0.25, 0.3) is 0 Å². The molecule has 0 unspecified atom stereocenters. The van der Waals surface area contributed by atoms with E-state index in [-0.39, 0.29) is 55.3 Å². The summed E-state index contributed by atoms with van der Waals surface area (Å²) in [6.45, 7) is 6.63. The van der Waals surface area contributed by atoms with E-state index in [1.807, 2.05) is 19.9 Å². The maximum Gasteiger partial charge on any atom is 0.469 e. The fourth-order valence-electron chi connectivity index (χ4n) is 9.24. The highest BCUT2D eigenvalue weighted by Crippen LogP contribution is 2.41. The van der Waals surface area contributed by atoms with Crippen molar-refractivity contribution < 1.29 is 56.8 Å². The molecule has 6 rings (SSSR count). The van der Waals surface area contributed by atoms with Crippen LogP contribution in [0.3, 0.4) is 0 Å². The maximum atomic E-state index is 15.1. The SMILES string of the molecule is Cc1cccc(C[C@H](NC(=O)Cc2ccc(Cl)cc2F)C(=O)N[C@@H]2C(=O)N3C[C@H](OP(=O)(O)O)C[C@H]3C(=O)N3CCCC[C@H]3C(=O)N[C@@H](C)C(=O)N3C[C@H](C)C[C@H]3C(=O)C[C@H]2C)c1. The molecule has 4 heterocycles. The molecule has 17 nitrogen and oxygen atoms in total. The van der Waals surface area contributed by atoms with Crippen molar-refractivity contribution in [3.8, 4) is 0 Å². The standard InChI is InChI=1S/C43H55ClFN6O11P/c1-23-8-7-9-27(14-23)17-32(47-37(53)18-28-11-12-29(44)19-31(28)45)39(54)48-38-25(3)16-36(52)34-15-24(2)21-50(34)41(56)26(4)46-40(55)33-10-5-6-13-49(33)42(57)35-20-30(62-63(59,60)61)22-51(35)43(38)58/h7-9,11-12,14,19,24-26,30,32-35,38H,5-6,10,13,15-18,20-22H2,1-4H3,(H,46,55)(H,47,53)(H,48,54)(H2,59,60,61)/t24-,25-,26+,30-,32+,33+,34+,35+,38+/m1/s1. The first-order valence-electron chi connectivity index (χ1n) is 21.3. The minimum absolute atomic E-state index is 0.0138. The molecular weight excluding hydrogens is 862 g/mol. The number of fused-ring (bicyclic) bond motifs is 3. The molecule has 0 saturated carbocycles. The molecule has 4 aliphatic heterocycles. The van der Waals surface area contributed by atoms with E-state index in [1.165, 1.54) is 28.9 Å². The zero-order valence-corrected chi connectivity index (χ0v) is 37.3. The molecule has 20 heteroatoms. The molecule has 2 aromatic rings. The van der Waals surface area contributed by atoms with Gasteiger partial charge in [-0.1, -0.05) is 61.3 Å². The van der Waals surface area contributed by atoms with Crippen LogP contribution in [0.4, 0.5) is 4.39 Å². The van der Waals surface area contributed by atoms with E-state index < -0.39 is 116 Å². The highest BCUT2D eigenvalue weighted by Gasteiger charge is 2.50. The molecule has 4 saturated heterocycles. The number of piperidine rings is 1. The number of Topliss-reactive ketones (excluding diaryl/α,β-unsaturated/α-hetero) is 1. The lowest BCUT2D eigenvalue weighted by Gasteiger charge is -2.39. The van der Waals surface area contributed by atoms with Crippen molar-refractivity contribution in [3.05, 3.63) is 70.0 Å². The van der Waals surface area contributed by atoms with Crippen molar-refractivity contribution in [2.75, 3.05) is 19.6 Å². The van der Waals surface area contributed by atoms with E-state index >= 15 is 4.79 Å². The fourth-order valence-corrected chi connectivity index (χ4v) is 9.94. The van der Waals surface area contributed by atoms with Gasteiger partial charge in [0.1, 0.15) is 36.0 Å². The highest BCUT2D eigenvalue weighted by atomic mass is 35.5. The molecule has 0 radical (unpaired) electrons. The predicted octanol–water partition coefficient (Wildman–Crippen LogP) is 2.35. The number of benzene rings is 2. The second kappa shape index (κ2) is 20.0. The van der Waals surface area contributed by atoms with Gasteiger partial charge in [-0.05, 0) is 74.6 Å². The summed E-state index contributed by atoms with van der Waals surface area (Å²) in [5.41, 5.74) is 1.51. The molecule has 4 fully saturated rings. The lowest BCUT2D eigenvalue weighted by atomic mass is 9.90. The maximum absolute atomic E-state index is 15.1. The van der Waals surface area contributed by atoms with E-state index in [0.29, 0.717) is 24.8 Å². The molecular formula is C43H55ClFN6O11P. The third-order valence-corrected chi connectivity index (χ3v) is 13.1. The van der Waals surface area contributed by atoms with Crippen LogP contribution in [0.5, 0.6) is 0 Å². The largest absolute Gasteiger partial charge is 0.469 e. The van der Waals surface area contributed by atoms with Crippen LogP contribution in [0.2, 0.25) is 5.02 Å². The summed E-state index contributed by atoms with van der Waals surface area (Å²) in [6, 6.07) is 3.59. The van der Waals surface area contributed by atoms with Crippen LogP contribution in [0.15, 0.2) is 42.5 Å². The first-order chi connectivity index (χ1) is 29.7. The first kappa shape index (κ1) is 47.7. The second-order valence-electron chi connectivity index (χ2n) is 17.4. The number of phosphoric acid groups is 1. The van der Waals surface area contributed by atoms with Crippen LogP contribution in [0.25, 0.3) is 0 Å². The molecule has 0 bridgehead atoms. The summed E-state index contributed by atoms with van der Waals surface area (Å²) < 4.78 is 31.9. The van der Waals surface area contributed by atoms with Crippen LogP contribution in [-0.2, 0) is 55.5 Å². The molecule has 9 atom stereocenters. The van der Waals surface area contributed by atoms with Gasteiger partial charge in [-0.2, -0.15) is 0 Å². The molecule has 0 spiro atoms. The van der Waals surface area contributed by atoms with Crippen molar-refractivity contribution in [3.63, 3.8) is 0 Å². The Morgan fingerprint density at radius 1 is 0.937 bits per heavy atom. The van der Waals surface area contributed by atoms with Crippen LogP contribution in [0.1, 0.15) is 76.0 Å². The summed E-state index contributed by atoms with van der Waals surface area (Å²) in [4.78, 5) is 123. The van der Waals surface area contributed by atoms with E-state index in [2.05, 4.69) is 16.0 Å². The Bertz CT molecular complexity index is 2180. The lowest BCUT2D eigenvalue weighted by molar-refractivity contribution is -0.152. The summed E-state index contributed by atoms with van der Waals surface area (Å²) in [5, 5.41) is 8.28. The van der Waals surface area contributed by atoms with Crippen molar-refractivity contribution >= 4 is 60.6 Å². The third-order valence-electron chi connectivity index (χ3n) is 12.3.